The van der Waals surface area contributed by atoms with Crippen LogP contribution in [0.3, 0.4) is 0 Å². The van der Waals surface area contributed by atoms with Gasteiger partial charge in [-0.3, -0.25) is 4.79 Å². The van der Waals surface area contributed by atoms with Gasteiger partial charge in [0.1, 0.15) is 12.4 Å². The lowest BCUT2D eigenvalue weighted by atomic mass is 10.1. The van der Waals surface area contributed by atoms with Gasteiger partial charge in [0.05, 0.1) is 6.61 Å². The molecule has 4 rings (SSSR count). The van der Waals surface area contributed by atoms with Crippen LogP contribution in [0, 0.1) is 0 Å². The second kappa shape index (κ2) is 8.03. The Bertz CT molecular complexity index is 966. The van der Waals surface area contributed by atoms with Crippen LogP contribution in [-0.2, 0) is 33.9 Å². The molecule has 1 aliphatic heterocycles. The van der Waals surface area contributed by atoms with Crippen molar-refractivity contribution in [2.45, 2.75) is 32.5 Å². The number of ether oxygens (including phenoxy) is 3. The number of benzene rings is 2. The first-order valence-corrected chi connectivity index (χ1v) is 9.31. The van der Waals surface area contributed by atoms with Crippen LogP contribution in [0.4, 0.5) is 0 Å². The Morgan fingerprint density at radius 1 is 1.22 bits per heavy atom. The number of nitrogens with one attached hydrogen (secondary N) is 1. The molecule has 0 saturated heterocycles. The third-order valence-electron chi connectivity index (χ3n) is 4.64. The maximum atomic E-state index is 12.1. The van der Waals surface area contributed by atoms with Crippen LogP contribution in [0.15, 0.2) is 42.6 Å². The molecule has 2 heterocycles. The zero-order valence-electron chi connectivity index (χ0n) is 14.8. The number of aryl methyl sites for hydroxylation is 1. The zero-order chi connectivity index (χ0) is 18.6. The van der Waals surface area contributed by atoms with E-state index < -0.39 is 0 Å². The average molecular weight is 386 g/mol. The molecule has 0 bridgehead atoms. The summed E-state index contributed by atoms with van der Waals surface area (Å²) < 4.78 is 16.2. The monoisotopic (exact) mass is 385 g/mol. The van der Waals surface area contributed by atoms with E-state index in [0.29, 0.717) is 23.8 Å². The van der Waals surface area contributed by atoms with Crippen LogP contribution in [0.2, 0.25) is 5.02 Å². The van der Waals surface area contributed by atoms with E-state index in [0.717, 1.165) is 29.5 Å². The number of fused-ring (bicyclic) bond motifs is 2. The van der Waals surface area contributed by atoms with Crippen molar-refractivity contribution in [3.63, 3.8) is 0 Å². The molecule has 0 fully saturated rings. The molecule has 0 saturated carbocycles. The summed E-state index contributed by atoms with van der Waals surface area (Å²) in [6, 6.07) is 11.7. The van der Waals surface area contributed by atoms with E-state index in [2.05, 4.69) is 11.1 Å². The standard InChI is InChI=1S/C21H20ClNO4/c22-17-8-15-11-25-13-27-21(15)16(9-17)12-26-20(24)7-3-4-14-10-23-19-6-2-1-5-18(14)19/h1-2,5-6,8-10,23H,3-4,7,11-13H2. The van der Waals surface area contributed by atoms with Gasteiger partial charge in [-0.1, -0.05) is 29.8 Å². The lowest BCUT2D eigenvalue weighted by molar-refractivity contribution is -0.145. The summed E-state index contributed by atoms with van der Waals surface area (Å²) >= 11 is 6.13. The van der Waals surface area contributed by atoms with Crippen molar-refractivity contribution in [2.75, 3.05) is 6.79 Å². The number of halogens is 1. The quantitative estimate of drug-likeness (QED) is 0.622. The molecular weight excluding hydrogens is 366 g/mol. The maximum absolute atomic E-state index is 12.1. The van der Waals surface area contributed by atoms with E-state index in [-0.39, 0.29) is 19.4 Å². The van der Waals surface area contributed by atoms with Crippen LogP contribution >= 0.6 is 11.6 Å². The Hall–Kier alpha value is -2.50. The molecule has 1 aliphatic rings. The first-order chi connectivity index (χ1) is 13.2. The summed E-state index contributed by atoms with van der Waals surface area (Å²) in [7, 11) is 0. The van der Waals surface area contributed by atoms with Crippen LogP contribution < -0.4 is 4.74 Å². The zero-order valence-corrected chi connectivity index (χ0v) is 15.6. The number of H-pyrrole nitrogens is 1. The van der Waals surface area contributed by atoms with Gasteiger partial charge in [-0.25, -0.2) is 0 Å². The number of aromatic amines is 1. The minimum absolute atomic E-state index is 0.148. The Balaban J connectivity index is 1.31. The van der Waals surface area contributed by atoms with Crippen LogP contribution in [0.5, 0.6) is 5.75 Å². The molecule has 0 radical (unpaired) electrons. The lowest BCUT2D eigenvalue weighted by Gasteiger charge is -2.21. The third kappa shape index (κ3) is 4.10. The number of rotatable bonds is 6. The van der Waals surface area contributed by atoms with E-state index >= 15 is 0 Å². The first-order valence-electron chi connectivity index (χ1n) is 8.93. The third-order valence-corrected chi connectivity index (χ3v) is 4.86. The summed E-state index contributed by atoms with van der Waals surface area (Å²) in [5, 5.41) is 1.78. The fourth-order valence-corrected chi connectivity index (χ4v) is 3.62. The van der Waals surface area contributed by atoms with E-state index in [1.54, 1.807) is 6.07 Å². The first kappa shape index (κ1) is 17.9. The maximum Gasteiger partial charge on any atom is 0.306 e. The summed E-state index contributed by atoms with van der Waals surface area (Å²) in [4.78, 5) is 15.4. The van der Waals surface area contributed by atoms with Gasteiger partial charge in [-0.15, -0.1) is 0 Å². The molecule has 3 aromatic rings. The Morgan fingerprint density at radius 3 is 3.04 bits per heavy atom. The van der Waals surface area contributed by atoms with Crippen molar-refractivity contribution in [1.82, 2.24) is 4.98 Å². The van der Waals surface area contributed by atoms with Gasteiger partial charge in [0.15, 0.2) is 6.79 Å². The van der Waals surface area contributed by atoms with Crippen molar-refractivity contribution in [1.29, 1.82) is 0 Å². The minimum atomic E-state index is -0.226. The van der Waals surface area contributed by atoms with Gasteiger partial charge in [-0.2, -0.15) is 0 Å². The van der Waals surface area contributed by atoms with E-state index in [1.165, 1.54) is 10.9 Å². The van der Waals surface area contributed by atoms with Gasteiger partial charge >= 0.3 is 5.97 Å². The summed E-state index contributed by atoms with van der Waals surface area (Å²) in [6.45, 7) is 0.788. The molecule has 2 aromatic carbocycles. The molecule has 6 heteroatoms. The molecule has 140 valence electrons. The smallest absolute Gasteiger partial charge is 0.306 e. The number of aromatic nitrogens is 1. The summed E-state index contributed by atoms with van der Waals surface area (Å²) in [5.74, 6) is 0.480. The Morgan fingerprint density at radius 2 is 2.11 bits per heavy atom. The highest BCUT2D eigenvalue weighted by atomic mass is 35.5. The fraction of sp³-hybridized carbons (Fsp3) is 0.286. The average Bonchev–Trinajstić information content (AvgIpc) is 3.09. The van der Waals surface area contributed by atoms with Crippen LogP contribution in [0.1, 0.15) is 29.5 Å². The highest BCUT2D eigenvalue weighted by molar-refractivity contribution is 6.30. The number of esters is 1. The van der Waals surface area contributed by atoms with Crippen molar-refractivity contribution in [3.05, 3.63) is 64.3 Å². The van der Waals surface area contributed by atoms with Crippen LogP contribution in [0.25, 0.3) is 10.9 Å². The predicted octanol–water partition coefficient (Wildman–Crippen LogP) is 4.75. The summed E-state index contributed by atoms with van der Waals surface area (Å²) in [6.07, 6.45) is 3.94. The fourth-order valence-electron chi connectivity index (χ4n) is 3.36. The van der Waals surface area contributed by atoms with Gasteiger partial charge < -0.3 is 19.2 Å². The van der Waals surface area contributed by atoms with Gasteiger partial charge in [0, 0.05) is 39.7 Å². The lowest BCUT2D eigenvalue weighted by Crippen LogP contribution is -2.14. The van der Waals surface area contributed by atoms with E-state index in [1.807, 2.05) is 30.5 Å². The van der Waals surface area contributed by atoms with Crippen molar-refractivity contribution >= 4 is 28.5 Å². The topological polar surface area (TPSA) is 60.6 Å². The number of hydrogen-bond donors (Lipinski definition) is 1. The van der Waals surface area contributed by atoms with Crippen LogP contribution in [-0.4, -0.2) is 17.7 Å². The molecule has 0 unspecified atom stereocenters. The van der Waals surface area contributed by atoms with Crippen molar-refractivity contribution < 1.29 is 19.0 Å². The highest BCUT2D eigenvalue weighted by Gasteiger charge is 2.17. The second-order valence-corrected chi connectivity index (χ2v) is 6.97. The molecule has 0 amide bonds. The number of carbonyl (C=O) groups excluding carboxylic acids is 1. The van der Waals surface area contributed by atoms with E-state index in [4.69, 9.17) is 25.8 Å². The highest BCUT2D eigenvalue weighted by Crippen LogP contribution is 2.32. The molecule has 0 aliphatic carbocycles. The number of para-hydroxylation sites is 1. The normalized spacial score (nSPS) is 13.2. The SMILES string of the molecule is O=C(CCCc1c[nH]c2ccccc12)OCc1cc(Cl)cc2c1OCOC2. The minimum Gasteiger partial charge on any atom is -0.467 e. The second-order valence-electron chi connectivity index (χ2n) is 6.54. The molecule has 27 heavy (non-hydrogen) atoms. The molecule has 1 aromatic heterocycles. The van der Waals surface area contributed by atoms with Gasteiger partial charge in [-0.05, 0) is 36.6 Å². The largest absolute Gasteiger partial charge is 0.467 e. The Labute approximate surface area is 162 Å². The molecule has 0 spiro atoms. The van der Waals surface area contributed by atoms with E-state index in [9.17, 15) is 4.79 Å². The van der Waals surface area contributed by atoms with Gasteiger partial charge in [0.2, 0.25) is 0 Å². The molecular formula is C21H20ClNO4. The summed E-state index contributed by atoms with van der Waals surface area (Å²) in [5.41, 5.74) is 3.98. The number of carbonyl (C=O) groups is 1. The van der Waals surface area contributed by atoms with Gasteiger partial charge in [0.25, 0.3) is 0 Å². The molecule has 5 nitrogen and oxygen atoms in total. The van der Waals surface area contributed by atoms with Crippen molar-refractivity contribution in [2.24, 2.45) is 0 Å². The Kier molecular flexibility index (Phi) is 5.32. The number of hydrogen-bond acceptors (Lipinski definition) is 4. The molecule has 1 N–H and O–H groups in total. The van der Waals surface area contributed by atoms with Crippen molar-refractivity contribution in [3.8, 4) is 5.75 Å². The molecule has 0 atom stereocenters. The predicted molar refractivity (Wildman–Crippen MR) is 103 cm³/mol.